The molecule has 0 fully saturated rings. The number of rotatable bonds is 2. The van der Waals surface area contributed by atoms with E-state index in [4.69, 9.17) is 4.74 Å². The van der Waals surface area contributed by atoms with Crippen molar-refractivity contribution in [1.82, 2.24) is 0 Å². The summed E-state index contributed by atoms with van der Waals surface area (Å²) in [6.07, 6.45) is 0.321. The van der Waals surface area contributed by atoms with Gasteiger partial charge in [0.1, 0.15) is 11.5 Å². The van der Waals surface area contributed by atoms with E-state index in [9.17, 15) is 9.90 Å². The molecule has 17 heavy (non-hydrogen) atoms. The van der Waals surface area contributed by atoms with E-state index in [0.29, 0.717) is 12.2 Å². The summed E-state index contributed by atoms with van der Waals surface area (Å²) < 4.78 is 5.14. The first kappa shape index (κ1) is 13.6. The fourth-order valence-corrected chi connectivity index (χ4v) is 1.58. The molecule has 0 saturated carbocycles. The zero-order valence-electron chi connectivity index (χ0n) is 11.1. The van der Waals surface area contributed by atoms with E-state index in [1.165, 1.54) is 6.07 Å². The van der Waals surface area contributed by atoms with Crippen LogP contribution in [-0.4, -0.2) is 11.1 Å². The fraction of sp³-hybridized carbons (Fsp3) is 0.500. The van der Waals surface area contributed by atoms with Crippen molar-refractivity contribution in [2.75, 3.05) is 0 Å². The number of hydrogen-bond acceptors (Lipinski definition) is 3. The lowest BCUT2D eigenvalue weighted by Crippen LogP contribution is -2.13. The first-order chi connectivity index (χ1) is 7.75. The maximum absolute atomic E-state index is 11.2. The summed E-state index contributed by atoms with van der Waals surface area (Å²) in [5.41, 5.74) is 1.57. The van der Waals surface area contributed by atoms with E-state index in [-0.39, 0.29) is 17.1 Å². The molecule has 0 aromatic heterocycles. The van der Waals surface area contributed by atoms with Gasteiger partial charge in [-0.1, -0.05) is 27.7 Å². The first-order valence-corrected chi connectivity index (χ1v) is 5.80. The van der Waals surface area contributed by atoms with Gasteiger partial charge in [-0.05, 0) is 29.5 Å². The second kappa shape index (κ2) is 4.78. The van der Waals surface area contributed by atoms with Gasteiger partial charge in [0.25, 0.3) is 0 Å². The Morgan fingerprint density at radius 3 is 2.41 bits per heavy atom. The lowest BCUT2D eigenvalue weighted by molar-refractivity contribution is -0.134. The van der Waals surface area contributed by atoms with Crippen molar-refractivity contribution in [2.45, 2.75) is 46.5 Å². The number of carbonyl (C=O) groups excluding carboxylic acids is 1. The van der Waals surface area contributed by atoms with Gasteiger partial charge in [0.2, 0.25) is 0 Å². The SMILES string of the molecule is CCC(=O)Oc1cc(O)c(C(C)(C)C)cc1C. The Bertz CT molecular complexity index is 428. The normalized spacial score (nSPS) is 11.4. The topological polar surface area (TPSA) is 46.5 Å². The van der Waals surface area contributed by atoms with Crippen molar-refractivity contribution in [2.24, 2.45) is 0 Å². The minimum atomic E-state index is -0.295. The predicted molar refractivity (Wildman–Crippen MR) is 67.5 cm³/mol. The van der Waals surface area contributed by atoms with Gasteiger partial charge in [0.05, 0.1) is 0 Å². The Hall–Kier alpha value is -1.51. The summed E-state index contributed by atoms with van der Waals surface area (Å²) in [6.45, 7) is 9.69. The Labute approximate surface area is 102 Å². The Balaban J connectivity index is 3.14. The number of phenols is 1. The molecule has 0 heterocycles. The molecule has 1 N–H and O–H groups in total. The third-order valence-corrected chi connectivity index (χ3v) is 2.61. The van der Waals surface area contributed by atoms with E-state index in [1.807, 2.05) is 33.8 Å². The van der Waals surface area contributed by atoms with Crippen molar-refractivity contribution in [3.63, 3.8) is 0 Å². The number of esters is 1. The van der Waals surface area contributed by atoms with Crippen LogP contribution in [0.15, 0.2) is 12.1 Å². The van der Waals surface area contributed by atoms with Crippen LogP contribution >= 0.6 is 0 Å². The molecule has 0 bridgehead atoms. The van der Waals surface area contributed by atoms with Gasteiger partial charge in [-0.25, -0.2) is 0 Å². The average Bonchev–Trinajstić information content (AvgIpc) is 2.21. The monoisotopic (exact) mass is 236 g/mol. The van der Waals surface area contributed by atoms with Crippen LogP contribution in [0.2, 0.25) is 0 Å². The summed E-state index contributed by atoms with van der Waals surface area (Å²) >= 11 is 0. The lowest BCUT2D eigenvalue weighted by atomic mass is 9.85. The van der Waals surface area contributed by atoms with Crippen LogP contribution in [0.3, 0.4) is 0 Å². The van der Waals surface area contributed by atoms with E-state index < -0.39 is 0 Å². The Morgan fingerprint density at radius 1 is 1.35 bits per heavy atom. The van der Waals surface area contributed by atoms with Crippen LogP contribution in [0.1, 0.15) is 45.2 Å². The van der Waals surface area contributed by atoms with Crippen LogP contribution in [-0.2, 0) is 10.2 Å². The highest BCUT2D eigenvalue weighted by molar-refractivity contribution is 5.72. The number of benzene rings is 1. The van der Waals surface area contributed by atoms with E-state index in [0.717, 1.165) is 11.1 Å². The Morgan fingerprint density at radius 2 is 1.94 bits per heavy atom. The Kier molecular flexibility index (Phi) is 3.81. The highest BCUT2D eigenvalue weighted by atomic mass is 16.5. The molecule has 0 aliphatic carbocycles. The van der Waals surface area contributed by atoms with Crippen molar-refractivity contribution in [3.05, 3.63) is 23.3 Å². The molecule has 0 unspecified atom stereocenters. The number of aromatic hydroxyl groups is 1. The fourth-order valence-electron chi connectivity index (χ4n) is 1.58. The van der Waals surface area contributed by atoms with Crippen LogP contribution in [0.4, 0.5) is 0 Å². The van der Waals surface area contributed by atoms with Gasteiger partial charge in [-0.2, -0.15) is 0 Å². The second-order valence-corrected chi connectivity index (χ2v) is 5.21. The molecule has 0 aliphatic heterocycles. The maximum atomic E-state index is 11.2. The predicted octanol–water partition coefficient (Wildman–Crippen LogP) is 3.31. The van der Waals surface area contributed by atoms with Crippen molar-refractivity contribution in [3.8, 4) is 11.5 Å². The minimum Gasteiger partial charge on any atom is -0.508 e. The van der Waals surface area contributed by atoms with Gasteiger partial charge < -0.3 is 9.84 Å². The number of phenolic OH excluding ortho intramolecular Hbond substituents is 1. The minimum absolute atomic E-state index is 0.137. The average molecular weight is 236 g/mol. The quantitative estimate of drug-likeness (QED) is 0.633. The van der Waals surface area contributed by atoms with Gasteiger partial charge in [-0.15, -0.1) is 0 Å². The highest BCUT2D eigenvalue weighted by Gasteiger charge is 2.20. The zero-order valence-corrected chi connectivity index (χ0v) is 11.1. The molecule has 0 aliphatic rings. The molecule has 1 aromatic carbocycles. The standard InChI is InChI=1S/C14H20O3/c1-6-13(16)17-12-8-11(15)10(7-9(12)2)14(3,4)5/h7-8,15H,6H2,1-5H3. The van der Waals surface area contributed by atoms with Gasteiger partial charge in [0.15, 0.2) is 0 Å². The van der Waals surface area contributed by atoms with Crippen LogP contribution in [0.25, 0.3) is 0 Å². The second-order valence-electron chi connectivity index (χ2n) is 5.21. The number of ether oxygens (including phenoxy) is 1. The molecule has 0 amide bonds. The number of aryl methyl sites for hydroxylation is 1. The number of hydrogen-bond donors (Lipinski definition) is 1. The van der Waals surface area contributed by atoms with Crippen LogP contribution in [0.5, 0.6) is 11.5 Å². The molecule has 0 atom stereocenters. The molecule has 3 heteroatoms. The lowest BCUT2D eigenvalue weighted by Gasteiger charge is -2.22. The summed E-state index contributed by atoms with van der Waals surface area (Å²) in [5.74, 6) is 0.306. The van der Waals surface area contributed by atoms with E-state index >= 15 is 0 Å². The third-order valence-electron chi connectivity index (χ3n) is 2.61. The van der Waals surface area contributed by atoms with E-state index in [2.05, 4.69) is 0 Å². The summed E-state index contributed by atoms with van der Waals surface area (Å²) in [5, 5.41) is 9.95. The van der Waals surface area contributed by atoms with Gasteiger partial charge in [0, 0.05) is 12.5 Å². The van der Waals surface area contributed by atoms with Crippen molar-refractivity contribution >= 4 is 5.97 Å². The molecular formula is C14H20O3. The van der Waals surface area contributed by atoms with Crippen molar-refractivity contribution in [1.29, 1.82) is 0 Å². The largest absolute Gasteiger partial charge is 0.508 e. The van der Waals surface area contributed by atoms with E-state index in [1.54, 1.807) is 6.92 Å². The molecule has 0 spiro atoms. The number of carbonyl (C=O) groups is 1. The van der Waals surface area contributed by atoms with Gasteiger partial charge in [-0.3, -0.25) is 4.79 Å². The summed E-state index contributed by atoms with van der Waals surface area (Å²) in [4.78, 5) is 11.2. The zero-order chi connectivity index (χ0) is 13.2. The molecule has 1 rings (SSSR count). The highest BCUT2D eigenvalue weighted by Crippen LogP contribution is 2.35. The molecule has 1 aromatic rings. The summed E-state index contributed by atoms with van der Waals surface area (Å²) in [6, 6.07) is 3.39. The molecule has 0 saturated heterocycles. The smallest absolute Gasteiger partial charge is 0.310 e. The maximum Gasteiger partial charge on any atom is 0.310 e. The van der Waals surface area contributed by atoms with Crippen LogP contribution < -0.4 is 4.74 Å². The van der Waals surface area contributed by atoms with Crippen LogP contribution in [0, 0.1) is 6.92 Å². The van der Waals surface area contributed by atoms with Crippen molar-refractivity contribution < 1.29 is 14.6 Å². The molecule has 94 valence electrons. The molecule has 3 nitrogen and oxygen atoms in total. The third kappa shape index (κ3) is 3.22. The summed E-state index contributed by atoms with van der Waals surface area (Å²) in [7, 11) is 0. The first-order valence-electron chi connectivity index (χ1n) is 5.80. The molecular weight excluding hydrogens is 216 g/mol. The van der Waals surface area contributed by atoms with Gasteiger partial charge >= 0.3 is 5.97 Å². The molecule has 0 radical (unpaired) electrons.